The topological polar surface area (TPSA) is 68.3 Å². The fourth-order valence-electron chi connectivity index (χ4n) is 2.26. The van der Waals surface area contributed by atoms with Crippen LogP contribution in [0.15, 0.2) is 33.2 Å². The van der Waals surface area contributed by atoms with Crippen LogP contribution >= 0.6 is 0 Å². The number of fused-ring (bicyclic) bond motifs is 1. The molecular formula is C16H16N2O3. The highest BCUT2D eigenvalue weighted by Crippen LogP contribution is 2.20. The van der Waals surface area contributed by atoms with Crippen molar-refractivity contribution < 1.29 is 13.7 Å². The van der Waals surface area contributed by atoms with Crippen molar-refractivity contribution >= 4 is 16.9 Å². The third-order valence-corrected chi connectivity index (χ3v) is 3.51. The van der Waals surface area contributed by atoms with Gasteiger partial charge in [0.2, 0.25) is 0 Å². The molecule has 2 aromatic heterocycles. The van der Waals surface area contributed by atoms with Crippen molar-refractivity contribution in [3.63, 3.8) is 0 Å². The van der Waals surface area contributed by atoms with Crippen LogP contribution in [0.2, 0.25) is 0 Å². The largest absolute Gasteiger partial charge is 0.451 e. The molecule has 3 aromatic rings. The first-order valence-corrected chi connectivity index (χ1v) is 6.75. The second-order valence-corrected chi connectivity index (χ2v) is 5.14. The fraction of sp³-hybridized carbons (Fsp3) is 0.250. The molecule has 5 heteroatoms. The number of carbonyl (C=O) groups is 1. The molecule has 0 aliphatic carbocycles. The number of nitrogens with zero attached hydrogens (tertiary/aromatic N) is 1. The normalized spacial score (nSPS) is 11.0. The van der Waals surface area contributed by atoms with Gasteiger partial charge in [-0.3, -0.25) is 4.79 Å². The summed E-state index contributed by atoms with van der Waals surface area (Å²) in [6.45, 7) is 6.03. The first kappa shape index (κ1) is 13.4. The SMILES string of the molecule is Cc1ccc2cc(C(=O)NCc3c(C)noc3C)oc2c1. The van der Waals surface area contributed by atoms with Crippen molar-refractivity contribution in [2.45, 2.75) is 27.3 Å². The molecule has 0 unspecified atom stereocenters. The maximum Gasteiger partial charge on any atom is 0.287 e. The van der Waals surface area contributed by atoms with Gasteiger partial charge in [0.25, 0.3) is 5.91 Å². The van der Waals surface area contributed by atoms with Crippen molar-refractivity contribution in [2.24, 2.45) is 0 Å². The Labute approximate surface area is 121 Å². The quantitative estimate of drug-likeness (QED) is 0.801. The summed E-state index contributed by atoms with van der Waals surface area (Å²) < 4.78 is 10.7. The molecule has 0 aliphatic heterocycles. The third-order valence-electron chi connectivity index (χ3n) is 3.51. The Kier molecular flexibility index (Phi) is 3.25. The summed E-state index contributed by atoms with van der Waals surface area (Å²) in [7, 11) is 0. The summed E-state index contributed by atoms with van der Waals surface area (Å²) in [6, 6.07) is 7.60. The van der Waals surface area contributed by atoms with Crippen LogP contribution < -0.4 is 5.32 Å². The second kappa shape index (κ2) is 5.09. The molecule has 21 heavy (non-hydrogen) atoms. The van der Waals surface area contributed by atoms with E-state index < -0.39 is 0 Å². The summed E-state index contributed by atoms with van der Waals surface area (Å²) in [6.07, 6.45) is 0. The number of furan rings is 1. The molecule has 1 aromatic carbocycles. The zero-order valence-corrected chi connectivity index (χ0v) is 12.2. The number of hydrogen-bond acceptors (Lipinski definition) is 4. The maximum atomic E-state index is 12.2. The van der Waals surface area contributed by atoms with Gasteiger partial charge in [0.15, 0.2) is 5.76 Å². The van der Waals surface area contributed by atoms with Gasteiger partial charge in [-0.1, -0.05) is 17.3 Å². The summed E-state index contributed by atoms with van der Waals surface area (Å²) in [5.74, 6) is 0.777. The molecule has 108 valence electrons. The predicted octanol–water partition coefficient (Wildman–Crippen LogP) is 3.28. The lowest BCUT2D eigenvalue weighted by Gasteiger charge is -2.02. The molecule has 5 nitrogen and oxygen atoms in total. The fourth-order valence-corrected chi connectivity index (χ4v) is 2.26. The van der Waals surface area contributed by atoms with E-state index in [1.807, 2.05) is 39.0 Å². The van der Waals surface area contributed by atoms with Gasteiger partial charge in [-0.2, -0.15) is 0 Å². The number of hydrogen-bond donors (Lipinski definition) is 1. The van der Waals surface area contributed by atoms with Gasteiger partial charge >= 0.3 is 0 Å². The molecule has 3 rings (SSSR count). The lowest BCUT2D eigenvalue weighted by Crippen LogP contribution is -2.22. The van der Waals surface area contributed by atoms with Crippen LogP contribution in [0.5, 0.6) is 0 Å². The summed E-state index contributed by atoms with van der Waals surface area (Å²) in [5.41, 5.74) is 3.50. The number of rotatable bonds is 3. The van der Waals surface area contributed by atoms with Crippen molar-refractivity contribution in [1.29, 1.82) is 0 Å². The van der Waals surface area contributed by atoms with E-state index in [0.29, 0.717) is 18.1 Å². The highest BCUT2D eigenvalue weighted by molar-refractivity contribution is 5.96. The molecule has 0 radical (unpaired) electrons. The molecule has 0 atom stereocenters. The van der Waals surface area contributed by atoms with Gasteiger partial charge in [-0.25, -0.2) is 0 Å². The first-order chi connectivity index (χ1) is 10.0. The Balaban J connectivity index is 1.78. The molecule has 1 N–H and O–H groups in total. The first-order valence-electron chi connectivity index (χ1n) is 6.75. The van der Waals surface area contributed by atoms with Crippen LogP contribution in [0.3, 0.4) is 0 Å². The lowest BCUT2D eigenvalue weighted by atomic mass is 10.2. The van der Waals surface area contributed by atoms with Crippen molar-refractivity contribution in [1.82, 2.24) is 10.5 Å². The van der Waals surface area contributed by atoms with E-state index in [9.17, 15) is 4.79 Å². The van der Waals surface area contributed by atoms with Gasteiger partial charge in [0.1, 0.15) is 11.3 Å². The molecule has 0 bridgehead atoms. The summed E-state index contributed by atoms with van der Waals surface area (Å²) >= 11 is 0. The van der Waals surface area contributed by atoms with Gasteiger partial charge < -0.3 is 14.3 Å². The maximum absolute atomic E-state index is 12.2. The van der Waals surface area contributed by atoms with Crippen LogP contribution in [0.1, 0.15) is 33.1 Å². The van der Waals surface area contributed by atoms with Crippen LogP contribution in [-0.2, 0) is 6.54 Å². The van der Waals surface area contributed by atoms with Crippen molar-refractivity contribution in [2.75, 3.05) is 0 Å². The summed E-state index contributed by atoms with van der Waals surface area (Å²) in [5, 5.41) is 7.61. The van der Waals surface area contributed by atoms with Gasteiger partial charge in [0, 0.05) is 17.5 Å². The van der Waals surface area contributed by atoms with Gasteiger partial charge in [0.05, 0.1) is 5.69 Å². The predicted molar refractivity (Wildman–Crippen MR) is 78.1 cm³/mol. The average Bonchev–Trinajstić information content (AvgIpc) is 3.00. The van der Waals surface area contributed by atoms with Gasteiger partial charge in [-0.15, -0.1) is 0 Å². The van der Waals surface area contributed by atoms with E-state index in [1.165, 1.54) is 0 Å². The molecule has 0 spiro atoms. The number of benzene rings is 1. The molecule has 2 heterocycles. The minimum absolute atomic E-state index is 0.246. The lowest BCUT2D eigenvalue weighted by molar-refractivity contribution is 0.0925. The number of nitrogens with one attached hydrogen (secondary N) is 1. The van der Waals surface area contributed by atoms with Crippen LogP contribution in [0.4, 0.5) is 0 Å². The number of aromatic nitrogens is 1. The van der Waals surface area contributed by atoms with E-state index in [-0.39, 0.29) is 5.91 Å². The Bertz CT molecular complexity index is 795. The van der Waals surface area contributed by atoms with E-state index in [4.69, 9.17) is 8.94 Å². The minimum atomic E-state index is -0.246. The molecular weight excluding hydrogens is 268 g/mol. The van der Waals surface area contributed by atoms with E-state index in [1.54, 1.807) is 6.07 Å². The minimum Gasteiger partial charge on any atom is -0.451 e. The van der Waals surface area contributed by atoms with E-state index in [0.717, 1.165) is 27.8 Å². The van der Waals surface area contributed by atoms with Crippen LogP contribution in [0, 0.1) is 20.8 Å². The Morgan fingerprint density at radius 3 is 2.76 bits per heavy atom. The van der Waals surface area contributed by atoms with Crippen LogP contribution in [0.25, 0.3) is 11.0 Å². The highest BCUT2D eigenvalue weighted by Gasteiger charge is 2.14. The second-order valence-electron chi connectivity index (χ2n) is 5.14. The Hall–Kier alpha value is -2.56. The van der Waals surface area contributed by atoms with Crippen LogP contribution in [-0.4, -0.2) is 11.1 Å². The van der Waals surface area contributed by atoms with Gasteiger partial charge in [-0.05, 0) is 38.5 Å². The Morgan fingerprint density at radius 1 is 1.24 bits per heavy atom. The number of aryl methyl sites for hydroxylation is 3. The molecule has 0 saturated carbocycles. The standard InChI is InChI=1S/C16H16N2O3/c1-9-4-5-12-7-15(20-14(12)6-9)16(19)17-8-13-10(2)18-21-11(13)3/h4-7H,8H2,1-3H3,(H,17,19). The van der Waals surface area contributed by atoms with E-state index >= 15 is 0 Å². The molecule has 0 aliphatic rings. The highest BCUT2D eigenvalue weighted by atomic mass is 16.5. The van der Waals surface area contributed by atoms with E-state index in [2.05, 4.69) is 10.5 Å². The monoisotopic (exact) mass is 284 g/mol. The summed E-state index contributed by atoms with van der Waals surface area (Å²) in [4.78, 5) is 12.2. The molecule has 0 fully saturated rings. The molecule has 1 amide bonds. The smallest absolute Gasteiger partial charge is 0.287 e. The zero-order valence-electron chi connectivity index (χ0n) is 12.2. The van der Waals surface area contributed by atoms with Crippen molar-refractivity contribution in [3.8, 4) is 0 Å². The Morgan fingerprint density at radius 2 is 2.05 bits per heavy atom. The number of carbonyl (C=O) groups excluding carboxylic acids is 1. The third kappa shape index (κ3) is 2.54. The zero-order chi connectivity index (χ0) is 15.0. The number of amides is 1. The average molecular weight is 284 g/mol. The van der Waals surface area contributed by atoms with Crippen molar-refractivity contribution in [3.05, 3.63) is 52.6 Å². The molecule has 0 saturated heterocycles.